The van der Waals surface area contributed by atoms with Crippen LogP contribution in [0.15, 0.2) is 12.3 Å². The molecule has 82 valence electrons. The van der Waals surface area contributed by atoms with Gasteiger partial charge in [0.25, 0.3) is 0 Å². The number of nitrogens with zero attached hydrogens (tertiary/aromatic N) is 3. The van der Waals surface area contributed by atoms with Gasteiger partial charge in [-0.15, -0.1) is 0 Å². The first-order valence-corrected chi connectivity index (χ1v) is 4.56. The maximum absolute atomic E-state index is 11.1. The first-order valence-electron chi connectivity index (χ1n) is 4.56. The lowest BCUT2D eigenvalue weighted by atomic mass is 10.3. The van der Waals surface area contributed by atoms with E-state index in [4.69, 9.17) is 4.74 Å². The smallest absolute Gasteiger partial charge is 0.349 e. The zero-order valence-electron chi connectivity index (χ0n) is 7.96. The van der Waals surface area contributed by atoms with E-state index in [-0.39, 0.29) is 4.73 Å². The third kappa shape index (κ3) is 1.73. The third-order valence-electron chi connectivity index (χ3n) is 2.33. The second-order valence-electron chi connectivity index (χ2n) is 3.21. The molecule has 7 nitrogen and oxygen atoms in total. The van der Waals surface area contributed by atoms with Gasteiger partial charge in [-0.1, -0.05) is 0 Å². The van der Waals surface area contributed by atoms with Crippen LogP contribution in [-0.4, -0.2) is 36.0 Å². The fourth-order valence-electron chi connectivity index (χ4n) is 1.62. The molecule has 2 rings (SSSR count). The molecule has 0 aromatic carbocycles. The van der Waals surface area contributed by atoms with Gasteiger partial charge in [0, 0.05) is 19.2 Å². The van der Waals surface area contributed by atoms with Crippen molar-refractivity contribution < 1.29 is 9.66 Å². The highest BCUT2D eigenvalue weighted by Crippen LogP contribution is 2.29. The van der Waals surface area contributed by atoms with Crippen LogP contribution in [-0.2, 0) is 4.74 Å². The fraction of sp³-hybridized carbons (Fsp3) is 0.500. The molecule has 1 aliphatic rings. The Morgan fingerprint density at radius 1 is 1.40 bits per heavy atom. The third-order valence-corrected chi connectivity index (χ3v) is 2.33. The van der Waals surface area contributed by atoms with Crippen molar-refractivity contribution in [2.45, 2.75) is 0 Å². The van der Waals surface area contributed by atoms with Crippen LogP contribution in [0.4, 0.5) is 11.5 Å². The van der Waals surface area contributed by atoms with Gasteiger partial charge in [-0.2, -0.15) is 0 Å². The molecule has 0 saturated carbocycles. The summed E-state index contributed by atoms with van der Waals surface area (Å²) in [5.41, 5.74) is 0.373. The van der Waals surface area contributed by atoms with Crippen molar-refractivity contribution in [3.63, 3.8) is 0 Å². The highest BCUT2D eigenvalue weighted by Gasteiger charge is 2.22. The van der Waals surface area contributed by atoms with E-state index in [9.17, 15) is 15.3 Å². The highest BCUT2D eigenvalue weighted by molar-refractivity contribution is 5.61. The molecule has 0 aliphatic carbocycles. The predicted molar refractivity (Wildman–Crippen MR) is 52.9 cm³/mol. The summed E-state index contributed by atoms with van der Waals surface area (Å²) in [5, 5.41) is 21.8. The van der Waals surface area contributed by atoms with Crippen molar-refractivity contribution >= 4 is 11.5 Å². The lowest BCUT2D eigenvalue weighted by Gasteiger charge is -2.27. The van der Waals surface area contributed by atoms with E-state index in [2.05, 4.69) is 0 Å². The topological polar surface area (TPSA) is 83.6 Å². The molecule has 15 heavy (non-hydrogen) atoms. The minimum absolute atomic E-state index is 0.283. The zero-order chi connectivity index (χ0) is 10.8. The average Bonchev–Trinajstić information content (AvgIpc) is 2.61. The van der Waals surface area contributed by atoms with Gasteiger partial charge in [-0.05, 0) is 4.92 Å². The summed E-state index contributed by atoms with van der Waals surface area (Å²) in [4.78, 5) is 11.8. The molecule has 0 unspecified atom stereocenters. The Morgan fingerprint density at radius 2 is 2.07 bits per heavy atom. The van der Waals surface area contributed by atoms with Crippen LogP contribution >= 0.6 is 0 Å². The normalized spacial score (nSPS) is 16.7. The highest BCUT2D eigenvalue weighted by atomic mass is 16.6. The quantitative estimate of drug-likeness (QED) is 0.528. The number of hydrogen-bond donors (Lipinski definition) is 0. The summed E-state index contributed by atoms with van der Waals surface area (Å²) in [6, 6.07) is 1.47. The summed E-state index contributed by atoms with van der Waals surface area (Å²) in [5.74, 6) is -0.406. The van der Waals surface area contributed by atoms with Crippen molar-refractivity contribution in [3.8, 4) is 0 Å². The van der Waals surface area contributed by atoms with Gasteiger partial charge in [0.05, 0.1) is 19.4 Å². The SMILES string of the molecule is O=[N+]([O-])c1c(N2CCOCC2)ccn1[O-]. The molecule has 7 heteroatoms. The average molecular weight is 212 g/mol. The lowest BCUT2D eigenvalue weighted by Crippen LogP contribution is -2.36. The van der Waals surface area contributed by atoms with Crippen LogP contribution in [0.25, 0.3) is 0 Å². The minimum Gasteiger partial charge on any atom is -0.710 e. The fourth-order valence-corrected chi connectivity index (χ4v) is 1.62. The van der Waals surface area contributed by atoms with Crippen molar-refractivity contribution in [3.05, 3.63) is 27.6 Å². The molecule has 0 atom stereocenters. The Kier molecular flexibility index (Phi) is 2.46. The van der Waals surface area contributed by atoms with Crippen LogP contribution < -0.4 is 4.90 Å². The van der Waals surface area contributed by atoms with E-state index < -0.39 is 10.7 Å². The molecule has 1 aliphatic heterocycles. The number of ether oxygens (including phenoxy) is 1. The monoisotopic (exact) mass is 212 g/mol. The van der Waals surface area contributed by atoms with Crippen LogP contribution in [0.1, 0.15) is 0 Å². The van der Waals surface area contributed by atoms with Crippen LogP contribution in [0.2, 0.25) is 0 Å². The van der Waals surface area contributed by atoms with E-state index in [0.29, 0.717) is 32.0 Å². The van der Waals surface area contributed by atoms with Gasteiger partial charge in [0.2, 0.25) is 0 Å². The molecule has 0 amide bonds. The number of rotatable bonds is 2. The minimum atomic E-state index is -0.655. The number of anilines is 1. The summed E-state index contributed by atoms with van der Waals surface area (Å²) >= 11 is 0. The standard InChI is InChI=1S/C8H10N3O4/c12-10-2-1-7(8(10)11(13)14)9-3-5-15-6-4-9/h1-2H,3-6H2/q-1. The maximum atomic E-state index is 11.1. The Bertz CT molecular complexity index is 370. The van der Waals surface area contributed by atoms with E-state index in [0.717, 1.165) is 6.20 Å². The van der Waals surface area contributed by atoms with Crippen molar-refractivity contribution in [2.75, 3.05) is 31.2 Å². The van der Waals surface area contributed by atoms with Crippen LogP contribution in [0, 0.1) is 15.3 Å². The second kappa shape index (κ2) is 3.77. The molecular weight excluding hydrogens is 202 g/mol. The first-order chi connectivity index (χ1) is 7.20. The van der Waals surface area contributed by atoms with Gasteiger partial charge in [0.15, 0.2) is 0 Å². The number of nitro groups is 1. The molecule has 1 aromatic rings. The molecule has 2 heterocycles. The van der Waals surface area contributed by atoms with Crippen molar-refractivity contribution in [2.24, 2.45) is 0 Å². The van der Waals surface area contributed by atoms with Crippen LogP contribution in [0.3, 0.4) is 0 Å². The van der Waals surface area contributed by atoms with E-state index in [1.165, 1.54) is 6.07 Å². The lowest BCUT2D eigenvalue weighted by molar-refractivity contribution is -0.390. The number of hydrogen-bond acceptors (Lipinski definition) is 5. The van der Waals surface area contributed by atoms with Gasteiger partial charge in [-0.25, -0.2) is 4.73 Å². The van der Waals surface area contributed by atoms with E-state index in [1.54, 1.807) is 4.90 Å². The molecule has 1 aromatic heterocycles. The molecule has 0 bridgehead atoms. The Morgan fingerprint density at radius 3 is 2.67 bits per heavy atom. The molecule has 1 fully saturated rings. The van der Waals surface area contributed by atoms with Crippen molar-refractivity contribution in [1.29, 1.82) is 0 Å². The van der Waals surface area contributed by atoms with Crippen LogP contribution in [0.5, 0.6) is 0 Å². The molecular formula is C8H10N3O4-. The Hall–Kier alpha value is -1.76. The second-order valence-corrected chi connectivity index (χ2v) is 3.21. The van der Waals surface area contributed by atoms with Gasteiger partial charge in [0.1, 0.15) is 5.69 Å². The van der Waals surface area contributed by atoms with E-state index >= 15 is 0 Å². The van der Waals surface area contributed by atoms with Crippen molar-refractivity contribution in [1.82, 2.24) is 4.73 Å². The van der Waals surface area contributed by atoms with Gasteiger partial charge in [-0.3, -0.25) is 0 Å². The number of aromatic nitrogens is 1. The predicted octanol–water partition coefficient (Wildman–Crippen LogP) is 0.579. The van der Waals surface area contributed by atoms with Gasteiger partial charge >= 0.3 is 5.82 Å². The zero-order valence-corrected chi connectivity index (χ0v) is 7.96. The summed E-state index contributed by atoms with van der Waals surface area (Å²) in [7, 11) is 0. The molecule has 1 saturated heterocycles. The Labute approximate surface area is 85.6 Å². The largest absolute Gasteiger partial charge is 0.710 e. The molecule has 0 N–H and O–H groups in total. The Balaban J connectivity index is 2.30. The summed E-state index contributed by atoms with van der Waals surface area (Å²) in [6.45, 7) is 2.21. The summed E-state index contributed by atoms with van der Waals surface area (Å²) < 4.78 is 5.41. The summed E-state index contributed by atoms with van der Waals surface area (Å²) in [6.07, 6.45) is 1.16. The van der Waals surface area contributed by atoms with E-state index in [1.807, 2.05) is 0 Å². The maximum Gasteiger partial charge on any atom is 0.349 e. The molecule has 0 spiro atoms. The molecule has 0 radical (unpaired) electrons. The number of morpholine rings is 1. The van der Waals surface area contributed by atoms with Gasteiger partial charge < -0.3 is 25.0 Å². The first kappa shape index (κ1) is 9.78.